The van der Waals surface area contributed by atoms with Gasteiger partial charge in [-0.2, -0.15) is 0 Å². The Bertz CT molecular complexity index is 1160. The van der Waals surface area contributed by atoms with Crippen molar-refractivity contribution in [1.29, 1.82) is 0 Å². The molecule has 0 aliphatic rings. The number of carbonyl (C=O) groups is 4. The number of phenols is 1. The Hall–Kier alpha value is -3.92. The first-order valence-electron chi connectivity index (χ1n) is 16.4. The molecule has 0 saturated carbocycles. The van der Waals surface area contributed by atoms with Crippen LogP contribution in [0.5, 0.6) is 5.75 Å². The molecule has 2 rings (SSSR count). The normalized spacial score (nSPS) is 12.9. The standard InChI is InChI=1S/C35H53N5O5/c1-3-4-5-6-7-8-9-10-11-15-22-37-35(45)31(24-27-16-13-12-14-17-27)40-32(42)25-38-33(43)26(2)39-34(44)30(36)23-28-18-20-29(41)21-19-28/h12-14,16-21,26,30-31,41H,3-11,15,22-25,36H2,1-2H3,(H,37,45)(H,38,43)(H,39,44)(H,40,42)/t26-,30+,31+/m1/s1. The molecule has 0 aliphatic carbocycles. The van der Waals surface area contributed by atoms with Gasteiger partial charge >= 0.3 is 0 Å². The maximum atomic E-state index is 13.0. The lowest BCUT2D eigenvalue weighted by molar-refractivity contribution is -0.131. The van der Waals surface area contributed by atoms with E-state index in [2.05, 4.69) is 28.2 Å². The lowest BCUT2D eigenvalue weighted by Crippen LogP contribution is -2.53. The summed E-state index contributed by atoms with van der Waals surface area (Å²) >= 11 is 0. The van der Waals surface area contributed by atoms with Crippen molar-refractivity contribution < 1.29 is 24.3 Å². The number of nitrogens with two attached hydrogens (primary N) is 1. The van der Waals surface area contributed by atoms with Crippen molar-refractivity contribution in [3.05, 3.63) is 65.7 Å². The van der Waals surface area contributed by atoms with E-state index in [1.54, 1.807) is 12.1 Å². The summed E-state index contributed by atoms with van der Waals surface area (Å²) in [7, 11) is 0. The fourth-order valence-corrected chi connectivity index (χ4v) is 4.94. The molecule has 7 N–H and O–H groups in total. The molecule has 0 bridgehead atoms. The maximum absolute atomic E-state index is 13.0. The molecule has 0 saturated heterocycles. The molecule has 10 heteroatoms. The van der Waals surface area contributed by atoms with Crippen LogP contribution in [0.25, 0.3) is 0 Å². The summed E-state index contributed by atoms with van der Waals surface area (Å²) < 4.78 is 0. The van der Waals surface area contributed by atoms with Crippen LogP contribution in [0, 0.1) is 0 Å². The van der Waals surface area contributed by atoms with Gasteiger partial charge in [-0.1, -0.05) is 107 Å². The summed E-state index contributed by atoms with van der Waals surface area (Å²) in [5, 5.41) is 20.2. The maximum Gasteiger partial charge on any atom is 0.242 e. The predicted octanol–water partition coefficient (Wildman–Crippen LogP) is 3.65. The van der Waals surface area contributed by atoms with Gasteiger partial charge < -0.3 is 32.1 Å². The van der Waals surface area contributed by atoms with Gasteiger partial charge in [-0.05, 0) is 43.0 Å². The Labute approximate surface area is 268 Å². The molecule has 2 aromatic carbocycles. The van der Waals surface area contributed by atoms with Crippen molar-refractivity contribution in [2.45, 2.75) is 109 Å². The Morgan fingerprint density at radius 2 is 1.27 bits per heavy atom. The Morgan fingerprint density at radius 3 is 1.89 bits per heavy atom. The highest BCUT2D eigenvalue weighted by atomic mass is 16.3. The number of rotatable bonds is 22. The van der Waals surface area contributed by atoms with E-state index in [0.717, 1.165) is 30.4 Å². The lowest BCUT2D eigenvalue weighted by atomic mass is 10.0. The van der Waals surface area contributed by atoms with Crippen LogP contribution in [0.3, 0.4) is 0 Å². The molecule has 3 atom stereocenters. The molecule has 0 spiro atoms. The number of benzene rings is 2. The molecule has 0 aliphatic heterocycles. The van der Waals surface area contributed by atoms with E-state index in [-0.39, 0.29) is 24.6 Å². The van der Waals surface area contributed by atoms with Crippen LogP contribution in [0.4, 0.5) is 0 Å². The van der Waals surface area contributed by atoms with E-state index in [4.69, 9.17) is 5.73 Å². The van der Waals surface area contributed by atoms with Crippen LogP contribution >= 0.6 is 0 Å². The number of hydrogen-bond acceptors (Lipinski definition) is 6. The number of phenolic OH excluding ortho intramolecular Hbond substituents is 1. The zero-order valence-corrected chi connectivity index (χ0v) is 27.0. The Morgan fingerprint density at radius 1 is 0.689 bits per heavy atom. The first-order valence-corrected chi connectivity index (χ1v) is 16.4. The average Bonchev–Trinajstić information content (AvgIpc) is 3.03. The van der Waals surface area contributed by atoms with Gasteiger partial charge in [0.1, 0.15) is 17.8 Å². The largest absolute Gasteiger partial charge is 0.508 e. The predicted molar refractivity (Wildman–Crippen MR) is 177 cm³/mol. The number of nitrogens with one attached hydrogen (secondary N) is 4. The van der Waals surface area contributed by atoms with Crippen LogP contribution in [0.15, 0.2) is 54.6 Å². The third kappa shape index (κ3) is 16.1. The number of aromatic hydroxyl groups is 1. The highest BCUT2D eigenvalue weighted by Gasteiger charge is 2.23. The van der Waals surface area contributed by atoms with Crippen molar-refractivity contribution in [2.75, 3.05) is 13.1 Å². The summed E-state index contributed by atoms with van der Waals surface area (Å²) in [4.78, 5) is 50.9. The Balaban J connectivity index is 1.75. The van der Waals surface area contributed by atoms with Crippen molar-refractivity contribution in [3.8, 4) is 5.75 Å². The van der Waals surface area contributed by atoms with Gasteiger partial charge in [-0.15, -0.1) is 0 Å². The molecule has 0 fully saturated rings. The second-order valence-electron chi connectivity index (χ2n) is 11.7. The van der Waals surface area contributed by atoms with Gasteiger partial charge in [0.2, 0.25) is 23.6 Å². The van der Waals surface area contributed by atoms with Gasteiger partial charge in [0.15, 0.2) is 0 Å². The summed E-state index contributed by atoms with van der Waals surface area (Å²) in [6.45, 7) is 3.91. The summed E-state index contributed by atoms with van der Waals surface area (Å²) in [6.07, 6.45) is 12.6. The number of unbranched alkanes of at least 4 members (excludes halogenated alkanes) is 9. The van der Waals surface area contributed by atoms with Gasteiger partial charge in [0.25, 0.3) is 0 Å². The molecule has 0 unspecified atom stereocenters. The molecule has 248 valence electrons. The van der Waals surface area contributed by atoms with Gasteiger partial charge in [-0.25, -0.2) is 0 Å². The van der Waals surface area contributed by atoms with E-state index >= 15 is 0 Å². The fourth-order valence-electron chi connectivity index (χ4n) is 4.94. The van der Waals surface area contributed by atoms with Crippen LogP contribution < -0.4 is 27.0 Å². The van der Waals surface area contributed by atoms with E-state index in [1.165, 1.54) is 64.0 Å². The quantitative estimate of drug-likeness (QED) is 0.110. The van der Waals surface area contributed by atoms with Crippen molar-refractivity contribution in [1.82, 2.24) is 21.3 Å². The molecule has 45 heavy (non-hydrogen) atoms. The second kappa shape index (κ2) is 21.7. The van der Waals surface area contributed by atoms with Crippen LogP contribution in [0.2, 0.25) is 0 Å². The minimum absolute atomic E-state index is 0.113. The summed E-state index contributed by atoms with van der Waals surface area (Å²) in [5.74, 6) is -1.74. The first-order chi connectivity index (χ1) is 21.7. The molecular weight excluding hydrogens is 570 g/mol. The van der Waals surface area contributed by atoms with Crippen LogP contribution in [-0.4, -0.2) is 60.0 Å². The van der Waals surface area contributed by atoms with Crippen molar-refractivity contribution >= 4 is 23.6 Å². The van der Waals surface area contributed by atoms with Crippen LogP contribution in [0.1, 0.15) is 89.2 Å². The average molecular weight is 624 g/mol. The lowest BCUT2D eigenvalue weighted by Gasteiger charge is -2.20. The number of hydrogen-bond donors (Lipinski definition) is 6. The fraction of sp³-hybridized carbons (Fsp3) is 0.543. The van der Waals surface area contributed by atoms with E-state index in [0.29, 0.717) is 13.0 Å². The molecule has 10 nitrogen and oxygen atoms in total. The summed E-state index contributed by atoms with van der Waals surface area (Å²) in [5.41, 5.74) is 7.65. The summed E-state index contributed by atoms with van der Waals surface area (Å²) in [6, 6.07) is 13.2. The smallest absolute Gasteiger partial charge is 0.242 e. The molecule has 0 heterocycles. The van der Waals surface area contributed by atoms with E-state index in [9.17, 15) is 24.3 Å². The zero-order valence-electron chi connectivity index (χ0n) is 27.0. The minimum Gasteiger partial charge on any atom is -0.508 e. The SMILES string of the molecule is CCCCCCCCCCCCNC(=O)[C@H](Cc1ccccc1)NC(=O)CNC(=O)[C@@H](C)NC(=O)[C@@H](N)Cc1ccc(O)cc1. The molecule has 0 radical (unpaired) electrons. The van der Waals surface area contributed by atoms with E-state index in [1.807, 2.05) is 30.3 Å². The first kappa shape index (κ1) is 37.3. The third-order valence-electron chi connectivity index (χ3n) is 7.67. The van der Waals surface area contributed by atoms with Crippen LogP contribution in [-0.2, 0) is 32.0 Å². The number of carbonyl (C=O) groups excluding carboxylic acids is 4. The van der Waals surface area contributed by atoms with Gasteiger partial charge in [0, 0.05) is 13.0 Å². The zero-order chi connectivity index (χ0) is 32.9. The number of amides is 4. The Kier molecular flexibility index (Phi) is 18.0. The molecule has 0 aromatic heterocycles. The molecular formula is C35H53N5O5. The van der Waals surface area contributed by atoms with E-state index < -0.39 is 35.8 Å². The minimum atomic E-state index is -0.930. The van der Waals surface area contributed by atoms with Gasteiger partial charge in [-0.3, -0.25) is 19.2 Å². The van der Waals surface area contributed by atoms with Crippen molar-refractivity contribution in [3.63, 3.8) is 0 Å². The van der Waals surface area contributed by atoms with Crippen molar-refractivity contribution in [2.24, 2.45) is 5.73 Å². The highest BCUT2D eigenvalue weighted by molar-refractivity contribution is 5.93. The van der Waals surface area contributed by atoms with Gasteiger partial charge in [0.05, 0.1) is 12.6 Å². The highest BCUT2D eigenvalue weighted by Crippen LogP contribution is 2.12. The molecule has 4 amide bonds. The topological polar surface area (TPSA) is 163 Å². The molecule has 2 aromatic rings. The monoisotopic (exact) mass is 623 g/mol. The second-order valence-corrected chi connectivity index (χ2v) is 11.7. The third-order valence-corrected chi connectivity index (χ3v) is 7.67.